The first kappa shape index (κ1) is 17.5. The lowest BCUT2D eigenvalue weighted by atomic mass is 10.3. The van der Waals surface area contributed by atoms with Crippen molar-refractivity contribution in [2.75, 3.05) is 22.9 Å². The number of rotatable bonds is 8. The summed E-state index contributed by atoms with van der Waals surface area (Å²) in [5, 5.41) is 6.46. The molecule has 4 N–H and O–H groups in total. The Morgan fingerprint density at radius 1 is 0.923 bits per heavy atom. The van der Waals surface area contributed by atoms with Crippen LogP contribution >= 0.6 is 0 Å². The summed E-state index contributed by atoms with van der Waals surface area (Å²) in [5.74, 6) is 2.80. The van der Waals surface area contributed by atoms with Crippen LogP contribution in [0.1, 0.15) is 19.8 Å². The van der Waals surface area contributed by atoms with E-state index in [2.05, 4.69) is 27.5 Å². The van der Waals surface area contributed by atoms with Gasteiger partial charge in [-0.05, 0) is 42.8 Å². The van der Waals surface area contributed by atoms with Gasteiger partial charge in [0.25, 0.3) is 0 Å². The summed E-state index contributed by atoms with van der Waals surface area (Å²) in [6.45, 7) is 2.98. The molecule has 3 rings (SSSR count). The van der Waals surface area contributed by atoms with Crippen LogP contribution in [-0.4, -0.2) is 16.5 Å². The minimum Gasteiger partial charge on any atom is -0.457 e. The Bertz CT molecular complexity index is 821. The first-order valence-electron chi connectivity index (χ1n) is 8.70. The van der Waals surface area contributed by atoms with Gasteiger partial charge in [0.1, 0.15) is 23.5 Å². The molecular formula is C20H23N5O. The highest BCUT2D eigenvalue weighted by Crippen LogP contribution is 2.28. The molecule has 0 amide bonds. The molecule has 0 bridgehead atoms. The van der Waals surface area contributed by atoms with Crippen molar-refractivity contribution >= 4 is 23.0 Å². The Balaban J connectivity index is 1.66. The molecule has 0 fully saturated rings. The van der Waals surface area contributed by atoms with E-state index in [1.165, 1.54) is 6.33 Å². The van der Waals surface area contributed by atoms with Gasteiger partial charge in [-0.15, -0.1) is 0 Å². The highest BCUT2D eigenvalue weighted by molar-refractivity contribution is 5.77. The van der Waals surface area contributed by atoms with Gasteiger partial charge in [0.15, 0.2) is 11.6 Å². The molecule has 0 aliphatic heterocycles. The third-order valence-corrected chi connectivity index (χ3v) is 3.80. The number of benzene rings is 2. The van der Waals surface area contributed by atoms with Crippen LogP contribution < -0.4 is 21.1 Å². The summed E-state index contributed by atoms with van der Waals surface area (Å²) >= 11 is 0. The molecule has 0 aliphatic rings. The van der Waals surface area contributed by atoms with Crippen molar-refractivity contribution < 1.29 is 4.74 Å². The number of nitrogens with zero attached hydrogens (tertiary/aromatic N) is 2. The monoisotopic (exact) mass is 349 g/mol. The predicted molar refractivity (Wildman–Crippen MR) is 106 cm³/mol. The largest absolute Gasteiger partial charge is 0.457 e. The minimum absolute atomic E-state index is 0.508. The average molecular weight is 349 g/mol. The Morgan fingerprint density at radius 2 is 1.62 bits per heavy atom. The van der Waals surface area contributed by atoms with Gasteiger partial charge >= 0.3 is 0 Å². The number of hydrogen-bond donors (Lipinski definition) is 3. The Kier molecular flexibility index (Phi) is 5.88. The first-order valence-corrected chi connectivity index (χ1v) is 8.70. The standard InChI is InChI=1S/C20H23N5O/c1-2-3-13-22-19-18(21)20(24-14-23-19)25-15-9-11-17(12-10-15)26-16-7-5-4-6-8-16/h4-12,14H,2-3,13,21H2,1H3,(H2,22,23,24,25). The maximum atomic E-state index is 6.17. The van der Waals surface area contributed by atoms with Gasteiger partial charge in [-0.25, -0.2) is 9.97 Å². The minimum atomic E-state index is 0.508. The lowest BCUT2D eigenvalue weighted by Crippen LogP contribution is -2.09. The average Bonchev–Trinajstić information content (AvgIpc) is 2.67. The van der Waals surface area contributed by atoms with Crippen molar-refractivity contribution in [3.8, 4) is 11.5 Å². The van der Waals surface area contributed by atoms with Crippen LogP contribution in [0.5, 0.6) is 11.5 Å². The van der Waals surface area contributed by atoms with E-state index < -0.39 is 0 Å². The summed E-state index contributed by atoms with van der Waals surface area (Å²) in [5.41, 5.74) is 7.55. The van der Waals surface area contributed by atoms with Crippen LogP contribution in [0.15, 0.2) is 60.9 Å². The zero-order valence-corrected chi connectivity index (χ0v) is 14.8. The molecule has 134 valence electrons. The fourth-order valence-electron chi connectivity index (χ4n) is 2.39. The summed E-state index contributed by atoms with van der Waals surface area (Å²) in [7, 11) is 0. The molecule has 3 aromatic rings. The Labute approximate surface area is 153 Å². The van der Waals surface area contributed by atoms with E-state index in [1.807, 2.05) is 54.6 Å². The summed E-state index contributed by atoms with van der Waals surface area (Å²) in [6.07, 6.45) is 3.68. The van der Waals surface area contributed by atoms with Gasteiger partial charge in [0.05, 0.1) is 0 Å². The predicted octanol–water partition coefficient (Wildman–Crippen LogP) is 4.81. The fraction of sp³-hybridized carbons (Fsp3) is 0.200. The van der Waals surface area contributed by atoms with E-state index in [-0.39, 0.29) is 0 Å². The van der Waals surface area contributed by atoms with Crippen LogP contribution in [-0.2, 0) is 0 Å². The number of unbranched alkanes of at least 4 members (excludes halogenated alkanes) is 1. The van der Waals surface area contributed by atoms with Crippen LogP contribution in [0.3, 0.4) is 0 Å². The molecule has 0 saturated carbocycles. The lowest BCUT2D eigenvalue weighted by Gasteiger charge is -2.13. The number of hydrogen-bond acceptors (Lipinski definition) is 6. The van der Waals surface area contributed by atoms with Gasteiger partial charge in [0.2, 0.25) is 0 Å². The van der Waals surface area contributed by atoms with Gasteiger partial charge in [0, 0.05) is 12.2 Å². The second-order valence-corrected chi connectivity index (χ2v) is 5.83. The van der Waals surface area contributed by atoms with Crippen LogP contribution in [0.2, 0.25) is 0 Å². The van der Waals surface area contributed by atoms with E-state index in [0.717, 1.165) is 36.6 Å². The number of para-hydroxylation sites is 1. The zero-order valence-electron chi connectivity index (χ0n) is 14.8. The van der Waals surface area contributed by atoms with Gasteiger partial charge in [-0.2, -0.15) is 0 Å². The molecule has 2 aromatic carbocycles. The number of aromatic nitrogens is 2. The topological polar surface area (TPSA) is 85.1 Å². The maximum absolute atomic E-state index is 6.17. The quantitative estimate of drug-likeness (QED) is 0.506. The van der Waals surface area contributed by atoms with Crippen molar-refractivity contribution in [1.82, 2.24) is 9.97 Å². The van der Waals surface area contributed by atoms with Gasteiger partial charge in [-0.1, -0.05) is 31.5 Å². The van der Waals surface area contributed by atoms with Crippen molar-refractivity contribution in [2.45, 2.75) is 19.8 Å². The number of nitrogen functional groups attached to an aromatic ring is 1. The van der Waals surface area contributed by atoms with Crippen molar-refractivity contribution in [3.05, 3.63) is 60.9 Å². The maximum Gasteiger partial charge on any atom is 0.159 e. The molecular weight excluding hydrogens is 326 g/mol. The highest BCUT2D eigenvalue weighted by Gasteiger charge is 2.08. The zero-order chi connectivity index (χ0) is 18.2. The first-order chi connectivity index (χ1) is 12.8. The van der Waals surface area contributed by atoms with E-state index in [0.29, 0.717) is 17.3 Å². The smallest absolute Gasteiger partial charge is 0.159 e. The molecule has 0 atom stereocenters. The molecule has 0 spiro atoms. The van der Waals surface area contributed by atoms with Gasteiger partial charge in [-0.3, -0.25) is 0 Å². The fourth-order valence-corrected chi connectivity index (χ4v) is 2.39. The normalized spacial score (nSPS) is 10.3. The molecule has 26 heavy (non-hydrogen) atoms. The molecule has 6 nitrogen and oxygen atoms in total. The van der Waals surface area contributed by atoms with E-state index in [9.17, 15) is 0 Å². The number of nitrogens with one attached hydrogen (secondary N) is 2. The third-order valence-electron chi connectivity index (χ3n) is 3.80. The molecule has 1 heterocycles. The van der Waals surface area contributed by atoms with Crippen LogP contribution in [0.4, 0.5) is 23.0 Å². The van der Waals surface area contributed by atoms with E-state index >= 15 is 0 Å². The molecule has 0 saturated heterocycles. The lowest BCUT2D eigenvalue weighted by molar-refractivity contribution is 0.483. The van der Waals surface area contributed by atoms with E-state index in [1.54, 1.807) is 0 Å². The highest BCUT2D eigenvalue weighted by atomic mass is 16.5. The van der Waals surface area contributed by atoms with Crippen LogP contribution in [0.25, 0.3) is 0 Å². The third kappa shape index (κ3) is 4.63. The Hall–Kier alpha value is -3.28. The summed E-state index contributed by atoms with van der Waals surface area (Å²) in [6, 6.07) is 17.3. The second-order valence-electron chi connectivity index (χ2n) is 5.83. The van der Waals surface area contributed by atoms with Crippen LogP contribution in [0, 0.1) is 0 Å². The van der Waals surface area contributed by atoms with Crippen molar-refractivity contribution in [1.29, 1.82) is 0 Å². The summed E-state index contributed by atoms with van der Waals surface area (Å²) in [4.78, 5) is 8.44. The SMILES string of the molecule is CCCCNc1ncnc(Nc2ccc(Oc3ccccc3)cc2)c1N. The van der Waals surface area contributed by atoms with Crippen molar-refractivity contribution in [2.24, 2.45) is 0 Å². The molecule has 0 aliphatic carbocycles. The molecule has 0 radical (unpaired) electrons. The molecule has 0 unspecified atom stereocenters. The number of nitrogens with two attached hydrogens (primary N) is 1. The molecule has 6 heteroatoms. The number of anilines is 4. The van der Waals surface area contributed by atoms with Gasteiger partial charge < -0.3 is 21.1 Å². The van der Waals surface area contributed by atoms with Crippen molar-refractivity contribution in [3.63, 3.8) is 0 Å². The Morgan fingerprint density at radius 3 is 2.35 bits per heavy atom. The van der Waals surface area contributed by atoms with E-state index in [4.69, 9.17) is 10.5 Å². The molecule has 1 aromatic heterocycles. The second kappa shape index (κ2) is 8.71. The number of ether oxygens (including phenoxy) is 1. The summed E-state index contributed by atoms with van der Waals surface area (Å²) < 4.78 is 5.79.